The van der Waals surface area contributed by atoms with E-state index in [1.54, 1.807) is 6.92 Å². The second kappa shape index (κ2) is 5.59. The SMILES string of the molecule is C=C(CC)C(=O)OC1O[C@@H](C)[C@H](O)[C@@H](O)[C@H]1O. The topological polar surface area (TPSA) is 96.2 Å². The van der Waals surface area contributed by atoms with Gasteiger partial charge in [0, 0.05) is 5.57 Å². The molecule has 1 unspecified atom stereocenters. The van der Waals surface area contributed by atoms with Gasteiger partial charge in [0.15, 0.2) is 0 Å². The lowest BCUT2D eigenvalue weighted by Gasteiger charge is -2.38. The summed E-state index contributed by atoms with van der Waals surface area (Å²) >= 11 is 0. The molecule has 0 aliphatic carbocycles. The van der Waals surface area contributed by atoms with E-state index in [-0.39, 0.29) is 5.57 Å². The summed E-state index contributed by atoms with van der Waals surface area (Å²) in [4.78, 5) is 11.4. The average Bonchev–Trinajstić information content (AvgIpc) is 2.32. The summed E-state index contributed by atoms with van der Waals surface area (Å²) < 4.78 is 9.97. The van der Waals surface area contributed by atoms with Gasteiger partial charge in [-0.2, -0.15) is 0 Å². The van der Waals surface area contributed by atoms with Crippen molar-refractivity contribution in [1.82, 2.24) is 0 Å². The van der Waals surface area contributed by atoms with E-state index in [2.05, 4.69) is 6.58 Å². The molecule has 17 heavy (non-hydrogen) atoms. The standard InChI is InChI=1S/C11H18O6/c1-4-5(2)10(15)17-11-9(14)8(13)7(12)6(3)16-11/h6-9,11-14H,2,4H2,1,3H3/t6-,7-,8+,9+,11?/m0/s1. The minimum Gasteiger partial charge on any atom is -0.429 e. The summed E-state index contributed by atoms with van der Waals surface area (Å²) in [5.74, 6) is -0.688. The first-order chi connectivity index (χ1) is 7.88. The van der Waals surface area contributed by atoms with Crippen molar-refractivity contribution in [2.75, 3.05) is 0 Å². The number of carbonyl (C=O) groups is 1. The summed E-state index contributed by atoms with van der Waals surface area (Å²) in [6.07, 6.45) is -5.71. The lowest BCUT2D eigenvalue weighted by Crippen LogP contribution is -2.57. The van der Waals surface area contributed by atoms with Crippen LogP contribution in [0.4, 0.5) is 0 Å². The van der Waals surface area contributed by atoms with Crippen LogP contribution in [0.15, 0.2) is 12.2 Å². The molecule has 0 amide bonds. The maximum absolute atomic E-state index is 11.4. The van der Waals surface area contributed by atoms with Crippen LogP contribution >= 0.6 is 0 Å². The van der Waals surface area contributed by atoms with Crippen molar-refractivity contribution in [3.8, 4) is 0 Å². The van der Waals surface area contributed by atoms with Gasteiger partial charge < -0.3 is 24.8 Å². The highest BCUT2D eigenvalue weighted by Gasteiger charge is 2.43. The zero-order chi connectivity index (χ0) is 13.2. The van der Waals surface area contributed by atoms with Crippen LogP contribution in [-0.4, -0.2) is 52.0 Å². The number of ether oxygens (including phenoxy) is 2. The first-order valence-corrected chi connectivity index (χ1v) is 5.46. The first-order valence-electron chi connectivity index (χ1n) is 5.46. The molecule has 1 rings (SSSR count). The molecule has 0 spiro atoms. The molecule has 5 atom stereocenters. The summed E-state index contributed by atoms with van der Waals surface area (Å²) in [5, 5.41) is 28.5. The Morgan fingerprint density at radius 2 is 1.88 bits per heavy atom. The third-order valence-electron chi connectivity index (χ3n) is 2.75. The van der Waals surface area contributed by atoms with E-state index in [9.17, 15) is 20.1 Å². The van der Waals surface area contributed by atoms with Crippen LogP contribution in [0.1, 0.15) is 20.3 Å². The number of aliphatic hydroxyl groups excluding tert-OH is 3. The fraction of sp³-hybridized carbons (Fsp3) is 0.727. The molecular weight excluding hydrogens is 228 g/mol. The Bertz CT molecular complexity index is 302. The van der Waals surface area contributed by atoms with E-state index in [4.69, 9.17) is 9.47 Å². The van der Waals surface area contributed by atoms with E-state index in [0.29, 0.717) is 6.42 Å². The molecule has 0 aromatic rings. The van der Waals surface area contributed by atoms with Crippen molar-refractivity contribution in [1.29, 1.82) is 0 Å². The summed E-state index contributed by atoms with van der Waals surface area (Å²) in [6, 6.07) is 0. The average molecular weight is 246 g/mol. The van der Waals surface area contributed by atoms with Crippen molar-refractivity contribution >= 4 is 5.97 Å². The van der Waals surface area contributed by atoms with E-state index < -0.39 is 36.7 Å². The third-order valence-corrected chi connectivity index (χ3v) is 2.75. The van der Waals surface area contributed by atoms with Crippen molar-refractivity contribution in [3.63, 3.8) is 0 Å². The van der Waals surface area contributed by atoms with Gasteiger partial charge in [0.25, 0.3) is 0 Å². The minimum absolute atomic E-state index is 0.245. The largest absolute Gasteiger partial charge is 0.429 e. The fourth-order valence-corrected chi connectivity index (χ4v) is 1.44. The van der Waals surface area contributed by atoms with Crippen molar-refractivity contribution in [2.45, 2.75) is 51.0 Å². The van der Waals surface area contributed by atoms with E-state index in [1.165, 1.54) is 6.92 Å². The minimum atomic E-state index is -1.48. The maximum atomic E-state index is 11.4. The van der Waals surface area contributed by atoms with Crippen molar-refractivity contribution < 1.29 is 29.6 Å². The van der Waals surface area contributed by atoms with Crippen molar-refractivity contribution in [2.24, 2.45) is 0 Å². The molecule has 0 saturated carbocycles. The molecule has 1 aliphatic heterocycles. The van der Waals surface area contributed by atoms with Gasteiger partial charge in [-0.3, -0.25) is 0 Å². The Morgan fingerprint density at radius 3 is 2.41 bits per heavy atom. The van der Waals surface area contributed by atoms with E-state index >= 15 is 0 Å². The molecule has 0 aromatic heterocycles. The van der Waals surface area contributed by atoms with Gasteiger partial charge in [0.2, 0.25) is 6.29 Å². The smallest absolute Gasteiger partial charge is 0.335 e. The number of hydrogen-bond acceptors (Lipinski definition) is 6. The number of esters is 1. The maximum Gasteiger partial charge on any atom is 0.335 e. The zero-order valence-electron chi connectivity index (χ0n) is 9.87. The zero-order valence-corrected chi connectivity index (χ0v) is 9.87. The molecular formula is C11H18O6. The van der Waals surface area contributed by atoms with Crippen LogP contribution in [0.2, 0.25) is 0 Å². The lowest BCUT2D eigenvalue weighted by atomic mass is 10.00. The predicted molar refractivity (Wildman–Crippen MR) is 57.9 cm³/mol. The van der Waals surface area contributed by atoms with Gasteiger partial charge in [-0.05, 0) is 13.3 Å². The number of carbonyl (C=O) groups excluding carboxylic acids is 1. The molecule has 0 bridgehead atoms. The molecule has 6 heteroatoms. The summed E-state index contributed by atoms with van der Waals surface area (Å²) in [6.45, 7) is 6.74. The normalized spacial score (nSPS) is 37.6. The van der Waals surface area contributed by atoms with Gasteiger partial charge in [0.1, 0.15) is 18.3 Å². The van der Waals surface area contributed by atoms with Gasteiger partial charge in [0.05, 0.1) is 6.10 Å². The van der Waals surface area contributed by atoms with Gasteiger partial charge in [-0.15, -0.1) is 0 Å². The van der Waals surface area contributed by atoms with Crippen LogP contribution in [-0.2, 0) is 14.3 Å². The second-order valence-electron chi connectivity index (χ2n) is 4.04. The number of rotatable bonds is 3. The first kappa shape index (κ1) is 14.1. The predicted octanol–water partition coefficient (Wildman–Crippen LogP) is -0.677. The van der Waals surface area contributed by atoms with Crippen LogP contribution < -0.4 is 0 Å². The summed E-state index contributed by atoms with van der Waals surface area (Å²) in [7, 11) is 0. The highest BCUT2D eigenvalue weighted by atomic mass is 16.7. The Labute approximate surface area is 99.5 Å². The Balaban J connectivity index is 2.65. The van der Waals surface area contributed by atoms with Crippen LogP contribution in [0.3, 0.4) is 0 Å². The molecule has 0 aromatic carbocycles. The highest BCUT2D eigenvalue weighted by molar-refractivity contribution is 5.87. The molecule has 1 aliphatic rings. The highest BCUT2D eigenvalue weighted by Crippen LogP contribution is 2.22. The second-order valence-corrected chi connectivity index (χ2v) is 4.04. The Hall–Kier alpha value is -0.950. The van der Waals surface area contributed by atoms with Crippen LogP contribution in [0, 0.1) is 0 Å². The molecule has 6 nitrogen and oxygen atoms in total. The van der Waals surface area contributed by atoms with Gasteiger partial charge >= 0.3 is 5.97 Å². The van der Waals surface area contributed by atoms with Crippen molar-refractivity contribution in [3.05, 3.63) is 12.2 Å². The van der Waals surface area contributed by atoms with Crippen LogP contribution in [0.5, 0.6) is 0 Å². The monoisotopic (exact) mass is 246 g/mol. The summed E-state index contributed by atoms with van der Waals surface area (Å²) in [5.41, 5.74) is 0.245. The Morgan fingerprint density at radius 1 is 1.29 bits per heavy atom. The van der Waals surface area contributed by atoms with E-state index in [1.807, 2.05) is 0 Å². The molecule has 1 saturated heterocycles. The molecule has 3 N–H and O–H groups in total. The van der Waals surface area contributed by atoms with Gasteiger partial charge in [-0.1, -0.05) is 13.5 Å². The Kier molecular flexibility index (Phi) is 4.64. The lowest BCUT2D eigenvalue weighted by molar-refractivity contribution is -0.283. The van der Waals surface area contributed by atoms with Crippen LogP contribution in [0.25, 0.3) is 0 Å². The fourth-order valence-electron chi connectivity index (χ4n) is 1.44. The van der Waals surface area contributed by atoms with E-state index in [0.717, 1.165) is 0 Å². The molecule has 98 valence electrons. The molecule has 0 radical (unpaired) electrons. The number of hydrogen-bond donors (Lipinski definition) is 3. The number of aliphatic hydroxyl groups is 3. The van der Waals surface area contributed by atoms with Gasteiger partial charge in [-0.25, -0.2) is 4.79 Å². The quantitative estimate of drug-likeness (QED) is 0.451. The molecule has 1 fully saturated rings. The molecule has 1 heterocycles. The third kappa shape index (κ3) is 3.04.